The number of aromatic amines is 1. The molecule has 6 rings (SSSR count). The number of hydrogen-bond acceptors (Lipinski definition) is 7. The van der Waals surface area contributed by atoms with Gasteiger partial charge in [0.1, 0.15) is 11.5 Å². The lowest BCUT2D eigenvalue weighted by molar-refractivity contribution is -0.130. The van der Waals surface area contributed by atoms with Crippen LogP contribution in [0.2, 0.25) is 0 Å². The Hall–Kier alpha value is -4.84. The minimum Gasteiger partial charge on any atom is -0.335 e. The summed E-state index contributed by atoms with van der Waals surface area (Å²) < 4.78 is 17.4. The fourth-order valence-corrected chi connectivity index (χ4v) is 5.40. The van der Waals surface area contributed by atoms with Crippen LogP contribution in [-0.2, 0) is 17.9 Å². The van der Waals surface area contributed by atoms with Crippen molar-refractivity contribution < 1.29 is 14.0 Å². The van der Waals surface area contributed by atoms with Crippen LogP contribution in [-0.4, -0.2) is 43.2 Å². The van der Waals surface area contributed by atoms with Crippen LogP contribution in [0.3, 0.4) is 0 Å². The van der Waals surface area contributed by atoms with Crippen molar-refractivity contribution in [1.82, 2.24) is 24.9 Å². The van der Waals surface area contributed by atoms with Crippen molar-refractivity contribution in [3.05, 3.63) is 87.4 Å². The second-order valence-corrected chi connectivity index (χ2v) is 10.2. The molecule has 2 aromatic carbocycles. The molecule has 2 amide bonds. The zero-order chi connectivity index (χ0) is 27.1. The highest BCUT2D eigenvalue weighted by molar-refractivity contribution is 7.20. The van der Waals surface area contributed by atoms with Gasteiger partial charge >= 0.3 is 0 Å². The van der Waals surface area contributed by atoms with E-state index in [1.54, 1.807) is 21.7 Å². The zero-order valence-electron chi connectivity index (χ0n) is 20.7. The van der Waals surface area contributed by atoms with Crippen LogP contribution in [0.5, 0.6) is 0 Å². The number of rotatable bonds is 5. The smallest absolute Gasteiger partial charge is 0.287 e. The largest absolute Gasteiger partial charge is 0.335 e. The van der Waals surface area contributed by atoms with E-state index < -0.39 is 17.3 Å². The van der Waals surface area contributed by atoms with Crippen molar-refractivity contribution in [2.45, 2.75) is 20.0 Å². The molecule has 12 heteroatoms. The Morgan fingerprint density at radius 1 is 1.05 bits per heavy atom. The average molecular weight is 544 g/mol. The predicted octanol–water partition coefficient (Wildman–Crippen LogP) is 4.35. The third kappa shape index (κ3) is 4.89. The molecule has 0 bridgehead atoms. The Labute approximate surface area is 225 Å². The van der Waals surface area contributed by atoms with E-state index in [4.69, 9.17) is 0 Å². The summed E-state index contributed by atoms with van der Waals surface area (Å²) in [7, 11) is 0. The van der Waals surface area contributed by atoms with Crippen LogP contribution < -0.4 is 16.2 Å². The number of amides is 2. The quantitative estimate of drug-likeness (QED) is 0.303. The fourth-order valence-electron chi connectivity index (χ4n) is 4.44. The van der Waals surface area contributed by atoms with Gasteiger partial charge in [-0.1, -0.05) is 18.2 Å². The third-order valence-corrected chi connectivity index (χ3v) is 7.58. The summed E-state index contributed by atoms with van der Waals surface area (Å²) in [5.41, 5.74) is 1.43. The van der Waals surface area contributed by atoms with E-state index in [1.165, 1.54) is 42.5 Å². The molecule has 0 saturated carbocycles. The Balaban J connectivity index is 1.24. The van der Waals surface area contributed by atoms with E-state index in [0.717, 1.165) is 15.8 Å². The number of H-pyrrole nitrogens is 1. The van der Waals surface area contributed by atoms with Crippen LogP contribution in [0.1, 0.15) is 22.3 Å². The van der Waals surface area contributed by atoms with Crippen LogP contribution in [0, 0.1) is 5.82 Å². The number of carbonyl (C=O) groups excluding carboxylic acids is 2. The number of nitrogens with one attached hydrogen (secondary N) is 3. The van der Waals surface area contributed by atoms with Gasteiger partial charge in [0.2, 0.25) is 5.91 Å². The molecule has 1 aliphatic rings. The van der Waals surface area contributed by atoms with Gasteiger partial charge in [-0.2, -0.15) is 10.2 Å². The summed E-state index contributed by atoms with van der Waals surface area (Å²) in [4.78, 5) is 39.3. The van der Waals surface area contributed by atoms with Crippen LogP contribution in [0.4, 0.5) is 21.6 Å². The van der Waals surface area contributed by atoms with Crippen LogP contribution in [0.15, 0.2) is 65.5 Å². The van der Waals surface area contributed by atoms with Crippen molar-refractivity contribution in [3.63, 3.8) is 0 Å². The van der Waals surface area contributed by atoms with Gasteiger partial charge in [0.25, 0.3) is 11.5 Å². The molecule has 4 heterocycles. The molecule has 0 aliphatic carbocycles. The van der Waals surface area contributed by atoms with E-state index in [1.807, 2.05) is 24.3 Å². The number of fused-ring (bicyclic) bond motifs is 2. The van der Waals surface area contributed by atoms with Crippen molar-refractivity contribution in [2.75, 3.05) is 17.2 Å². The number of nitrogens with zero attached hydrogens (tertiary/aromatic N) is 4. The second-order valence-electron chi connectivity index (χ2n) is 9.10. The molecule has 1 aliphatic heterocycles. The van der Waals surface area contributed by atoms with E-state index in [-0.39, 0.29) is 17.3 Å². The number of thiophene rings is 1. The molecule has 0 atom stereocenters. The molecule has 5 aromatic rings. The molecule has 196 valence electrons. The maximum absolute atomic E-state index is 14.6. The first kappa shape index (κ1) is 24.5. The Bertz CT molecular complexity index is 1780. The number of benzene rings is 2. The van der Waals surface area contributed by atoms with Crippen molar-refractivity contribution in [2.24, 2.45) is 0 Å². The van der Waals surface area contributed by atoms with Crippen LogP contribution in [0.25, 0.3) is 21.3 Å². The number of carbonyl (C=O) groups is 2. The maximum Gasteiger partial charge on any atom is 0.287 e. The fraction of sp³-hybridized carbons (Fsp3) is 0.148. The molecule has 3 N–H and O–H groups in total. The minimum atomic E-state index is -0.598. The van der Waals surface area contributed by atoms with Gasteiger partial charge in [-0.25, -0.2) is 9.49 Å². The Morgan fingerprint density at radius 2 is 1.90 bits per heavy atom. The number of anilines is 3. The lowest BCUT2D eigenvalue weighted by atomic mass is 10.1. The molecule has 0 radical (unpaired) electrons. The Kier molecular flexibility index (Phi) is 6.15. The third-order valence-electron chi connectivity index (χ3n) is 6.47. The predicted molar refractivity (Wildman–Crippen MR) is 147 cm³/mol. The zero-order valence-corrected chi connectivity index (χ0v) is 21.5. The first-order valence-corrected chi connectivity index (χ1v) is 12.9. The van der Waals surface area contributed by atoms with Gasteiger partial charge in [-0.05, 0) is 41.8 Å². The lowest BCUT2D eigenvalue weighted by Crippen LogP contribution is -2.36. The highest BCUT2D eigenvalue weighted by Crippen LogP contribution is 2.29. The molecular formula is C27H22FN7O3S. The average Bonchev–Trinajstić information content (AvgIpc) is 3.54. The van der Waals surface area contributed by atoms with Crippen molar-refractivity contribution >= 4 is 50.4 Å². The molecular weight excluding hydrogens is 521 g/mol. The summed E-state index contributed by atoms with van der Waals surface area (Å²) >= 11 is 1.32. The first-order chi connectivity index (χ1) is 18.8. The SMILES string of the molecule is CC(=O)N1CCn2nc(Nc3cc(-c4ccc(F)c(NC(=O)c5cc6ccccc6s5)c4)n[nH]c3=O)cc2C1. The van der Waals surface area contributed by atoms with E-state index in [9.17, 15) is 18.8 Å². The van der Waals surface area contributed by atoms with E-state index in [2.05, 4.69) is 25.9 Å². The van der Waals surface area contributed by atoms with Crippen molar-refractivity contribution in [3.8, 4) is 11.3 Å². The van der Waals surface area contributed by atoms with Gasteiger partial charge in [-0.3, -0.25) is 19.1 Å². The number of hydrogen-bond donors (Lipinski definition) is 3. The van der Waals surface area contributed by atoms with Crippen molar-refractivity contribution in [1.29, 1.82) is 0 Å². The van der Waals surface area contributed by atoms with E-state index >= 15 is 0 Å². The normalized spacial score (nSPS) is 12.8. The molecule has 3 aromatic heterocycles. The van der Waals surface area contributed by atoms with E-state index in [0.29, 0.717) is 41.6 Å². The summed E-state index contributed by atoms with van der Waals surface area (Å²) in [5.74, 6) is -0.574. The Morgan fingerprint density at radius 3 is 2.72 bits per heavy atom. The molecule has 39 heavy (non-hydrogen) atoms. The first-order valence-electron chi connectivity index (χ1n) is 12.1. The summed E-state index contributed by atoms with van der Waals surface area (Å²) in [6.07, 6.45) is 0. The highest BCUT2D eigenvalue weighted by atomic mass is 32.1. The summed E-state index contributed by atoms with van der Waals surface area (Å²) in [6, 6.07) is 16.9. The topological polar surface area (TPSA) is 125 Å². The lowest BCUT2D eigenvalue weighted by Gasteiger charge is -2.26. The van der Waals surface area contributed by atoms with Gasteiger partial charge in [-0.15, -0.1) is 11.3 Å². The summed E-state index contributed by atoms with van der Waals surface area (Å²) in [5, 5.41) is 17.6. The minimum absolute atomic E-state index is 0.00531. The molecule has 0 unspecified atom stereocenters. The molecule has 10 nitrogen and oxygen atoms in total. The highest BCUT2D eigenvalue weighted by Gasteiger charge is 2.21. The van der Waals surface area contributed by atoms with Crippen LogP contribution >= 0.6 is 11.3 Å². The molecule has 0 fully saturated rings. The standard InChI is InChI=1S/C27H22FN7O3S/c1-15(36)34-8-9-35-18(14-34)12-25(33-35)29-22-13-20(31-32-26(22)37)16-6-7-19(28)21(10-16)30-27(38)24-11-17-4-2-3-5-23(17)39-24/h2-7,10-13H,8-9,14H2,1H3,(H,30,38)(H,32,37)(H,29,31,33). The van der Waals surface area contributed by atoms with Gasteiger partial charge < -0.3 is 15.5 Å². The van der Waals surface area contributed by atoms with Gasteiger partial charge in [0, 0.05) is 29.8 Å². The second kappa shape index (κ2) is 9.80. The number of aromatic nitrogens is 4. The van der Waals surface area contributed by atoms with Gasteiger partial charge in [0.05, 0.1) is 35.0 Å². The summed E-state index contributed by atoms with van der Waals surface area (Å²) in [6.45, 7) is 3.09. The molecule has 0 spiro atoms. The number of halogens is 1. The monoisotopic (exact) mass is 543 g/mol. The maximum atomic E-state index is 14.6. The van der Waals surface area contributed by atoms with Gasteiger partial charge in [0.15, 0.2) is 5.82 Å². The molecule has 0 saturated heterocycles.